The molecule has 0 unspecified atom stereocenters. The molecule has 0 aliphatic rings. The number of hydrogen-bond acceptors (Lipinski definition) is 4. The molecule has 0 aromatic heterocycles. The van der Waals surface area contributed by atoms with Crippen LogP contribution in [0.15, 0.2) is 23.1 Å². The van der Waals surface area contributed by atoms with Crippen molar-refractivity contribution < 1.29 is 4.74 Å². The molecule has 0 saturated heterocycles. The average Bonchev–Trinajstić information content (AvgIpc) is 2.37. The van der Waals surface area contributed by atoms with Crippen LogP contribution in [0.2, 0.25) is 5.02 Å². The van der Waals surface area contributed by atoms with Crippen molar-refractivity contribution in [2.24, 2.45) is 0 Å². The zero-order chi connectivity index (χ0) is 14.1. The smallest absolute Gasteiger partial charge is 0.0587 e. The monoisotopic (exact) mass is 302 g/mol. The van der Waals surface area contributed by atoms with Crippen LogP contribution >= 0.6 is 23.4 Å². The van der Waals surface area contributed by atoms with Gasteiger partial charge in [-0.15, -0.1) is 11.8 Å². The predicted octanol–water partition coefficient (Wildman–Crippen LogP) is 2.73. The highest BCUT2D eigenvalue weighted by Crippen LogP contribution is 2.27. The molecule has 0 aliphatic carbocycles. The molecule has 1 rings (SSSR count). The van der Waals surface area contributed by atoms with Crippen molar-refractivity contribution in [3.8, 4) is 0 Å². The Morgan fingerprint density at radius 1 is 1.37 bits per heavy atom. The van der Waals surface area contributed by atoms with Gasteiger partial charge in [-0.05, 0) is 31.8 Å². The van der Waals surface area contributed by atoms with Crippen LogP contribution in [0.1, 0.15) is 5.56 Å². The molecule has 1 aromatic rings. The minimum absolute atomic E-state index is 0.728. The number of methoxy groups -OCH3 is 1. The number of rotatable bonds is 9. The molecule has 1 aromatic carbocycles. The molecule has 5 heteroatoms. The molecule has 0 atom stereocenters. The molecule has 0 aliphatic heterocycles. The Hall–Kier alpha value is -0.260. The van der Waals surface area contributed by atoms with E-state index in [-0.39, 0.29) is 0 Å². The van der Waals surface area contributed by atoms with E-state index in [0.29, 0.717) is 0 Å². The number of benzene rings is 1. The zero-order valence-corrected chi connectivity index (χ0v) is 13.5. The van der Waals surface area contributed by atoms with Gasteiger partial charge in [-0.25, -0.2) is 0 Å². The summed E-state index contributed by atoms with van der Waals surface area (Å²) in [5, 5.41) is 4.15. The Labute approximate surface area is 125 Å². The van der Waals surface area contributed by atoms with Gasteiger partial charge in [-0.3, -0.25) is 0 Å². The van der Waals surface area contributed by atoms with Gasteiger partial charge in [0.25, 0.3) is 0 Å². The molecule has 0 radical (unpaired) electrons. The van der Waals surface area contributed by atoms with Gasteiger partial charge in [-0.1, -0.05) is 17.7 Å². The highest BCUT2D eigenvalue weighted by molar-refractivity contribution is 7.99. The molecule has 0 fully saturated rings. The molecule has 1 N–H and O–H groups in total. The van der Waals surface area contributed by atoms with E-state index in [1.165, 1.54) is 5.56 Å². The highest BCUT2D eigenvalue weighted by Gasteiger charge is 2.03. The maximum Gasteiger partial charge on any atom is 0.0587 e. The van der Waals surface area contributed by atoms with E-state index in [0.717, 1.165) is 41.9 Å². The first-order valence-corrected chi connectivity index (χ1v) is 7.75. The van der Waals surface area contributed by atoms with Gasteiger partial charge < -0.3 is 15.0 Å². The van der Waals surface area contributed by atoms with Crippen LogP contribution in [0.4, 0.5) is 0 Å². The standard InChI is InChI=1S/C14H23ClN2OS/c1-17(2)7-9-19-14-5-4-12(10-13(14)15)11-16-6-8-18-3/h4-5,10,16H,6-9,11H2,1-3H3. The molecule has 3 nitrogen and oxygen atoms in total. The second kappa shape index (κ2) is 9.61. The maximum absolute atomic E-state index is 6.30. The first-order valence-electron chi connectivity index (χ1n) is 6.39. The quantitative estimate of drug-likeness (QED) is 0.560. The molecule has 0 bridgehead atoms. The minimum Gasteiger partial charge on any atom is -0.383 e. The van der Waals surface area contributed by atoms with Gasteiger partial charge >= 0.3 is 0 Å². The van der Waals surface area contributed by atoms with Crippen LogP contribution < -0.4 is 5.32 Å². The summed E-state index contributed by atoms with van der Waals surface area (Å²) in [5.41, 5.74) is 1.21. The Morgan fingerprint density at radius 2 is 2.16 bits per heavy atom. The number of halogens is 1. The summed E-state index contributed by atoms with van der Waals surface area (Å²) in [6.45, 7) is 3.46. The van der Waals surface area contributed by atoms with Gasteiger partial charge in [0, 0.05) is 37.4 Å². The molecular weight excluding hydrogens is 280 g/mol. The van der Waals surface area contributed by atoms with Crippen molar-refractivity contribution in [3.63, 3.8) is 0 Å². The molecular formula is C14H23ClN2OS. The molecule has 0 spiro atoms. The van der Waals surface area contributed by atoms with E-state index in [9.17, 15) is 0 Å². The van der Waals surface area contributed by atoms with Gasteiger partial charge in [0.2, 0.25) is 0 Å². The van der Waals surface area contributed by atoms with Crippen LogP contribution in [0, 0.1) is 0 Å². The Bertz CT molecular complexity index is 374. The molecule has 0 amide bonds. The normalized spacial score (nSPS) is 11.2. The van der Waals surface area contributed by atoms with E-state index >= 15 is 0 Å². The molecule has 108 valence electrons. The first-order chi connectivity index (χ1) is 9.13. The van der Waals surface area contributed by atoms with Crippen LogP contribution in [-0.2, 0) is 11.3 Å². The Kier molecular flexibility index (Phi) is 8.50. The average molecular weight is 303 g/mol. The van der Waals surface area contributed by atoms with E-state index in [2.05, 4.69) is 36.4 Å². The van der Waals surface area contributed by atoms with Gasteiger partial charge in [-0.2, -0.15) is 0 Å². The fourth-order valence-corrected chi connectivity index (χ4v) is 2.92. The Balaban J connectivity index is 2.40. The van der Waals surface area contributed by atoms with Crippen molar-refractivity contribution in [1.82, 2.24) is 10.2 Å². The van der Waals surface area contributed by atoms with Crippen LogP contribution in [-0.4, -0.2) is 51.6 Å². The maximum atomic E-state index is 6.30. The van der Waals surface area contributed by atoms with Crippen LogP contribution in [0.3, 0.4) is 0 Å². The van der Waals surface area contributed by atoms with Crippen molar-refractivity contribution in [2.45, 2.75) is 11.4 Å². The summed E-state index contributed by atoms with van der Waals surface area (Å²) in [5.74, 6) is 1.05. The van der Waals surface area contributed by atoms with E-state index in [4.69, 9.17) is 16.3 Å². The second-order valence-corrected chi connectivity index (χ2v) is 6.13. The number of nitrogens with zero attached hydrogens (tertiary/aromatic N) is 1. The third kappa shape index (κ3) is 7.18. The van der Waals surface area contributed by atoms with Crippen LogP contribution in [0.5, 0.6) is 0 Å². The number of hydrogen-bond donors (Lipinski definition) is 1. The lowest BCUT2D eigenvalue weighted by Crippen LogP contribution is -2.18. The van der Waals surface area contributed by atoms with Gasteiger partial charge in [0.05, 0.1) is 11.6 Å². The van der Waals surface area contributed by atoms with E-state index in [1.807, 2.05) is 6.07 Å². The summed E-state index contributed by atoms with van der Waals surface area (Å²) < 4.78 is 4.99. The second-order valence-electron chi connectivity index (χ2n) is 4.59. The van der Waals surface area contributed by atoms with Gasteiger partial charge in [0.15, 0.2) is 0 Å². The summed E-state index contributed by atoms with van der Waals surface area (Å²) in [6, 6.07) is 6.28. The SMILES string of the molecule is COCCNCc1ccc(SCCN(C)C)c(Cl)c1. The van der Waals surface area contributed by atoms with Gasteiger partial charge in [0.1, 0.15) is 0 Å². The molecule has 0 heterocycles. The zero-order valence-electron chi connectivity index (χ0n) is 11.9. The third-order valence-corrected chi connectivity index (χ3v) is 4.08. The van der Waals surface area contributed by atoms with Crippen LogP contribution in [0.25, 0.3) is 0 Å². The summed E-state index contributed by atoms with van der Waals surface area (Å²) >= 11 is 8.10. The molecule has 0 saturated carbocycles. The number of ether oxygens (including phenoxy) is 1. The predicted molar refractivity (Wildman–Crippen MR) is 84.3 cm³/mol. The number of thioether (sulfide) groups is 1. The lowest BCUT2D eigenvalue weighted by Gasteiger charge is -2.10. The van der Waals surface area contributed by atoms with Crippen molar-refractivity contribution >= 4 is 23.4 Å². The van der Waals surface area contributed by atoms with Crippen molar-refractivity contribution in [1.29, 1.82) is 0 Å². The molecule has 19 heavy (non-hydrogen) atoms. The van der Waals surface area contributed by atoms with E-state index < -0.39 is 0 Å². The summed E-state index contributed by atoms with van der Waals surface area (Å²) in [7, 11) is 5.87. The fraction of sp³-hybridized carbons (Fsp3) is 0.571. The van der Waals surface area contributed by atoms with E-state index in [1.54, 1.807) is 18.9 Å². The fourth-order valence-electron chi connectivity index (χ4n) is 1.52. The lowest BCUT2D eigenvalue weighted by atomic mass is 10.2. The summed E-state index contributed by atoms with van der Waals surface area (Å²) in [6.07, 6.45) is 0. The van der Waals surface area contributed by atoms with Crippen molar-refractivity contribution in [2.75, 3.05) is 46.7 Å². The highest BCUT2D eigenvalue weighted by atomic mass is 35.5. The Morgan fingerprint density at radius 3 is 2.79 bits per heavy atom. The van der Waals surface area contributed by atoms with Crippen molar-refractivity contribution in [3.05, 3.63) is 28.8 Å². The third-order valence-electron chi connectivity index (χ3n) is 2.60. The largest absolute Gasteiger partial charge is 0.383 e. The number of nitrogens with one attached hydrogen (secondary N) is 1. The topological polar surface area (TPSA) is 24.5 Å². The first kappa shape index (κ1) is 16.8. The summed E-state index contributed by atoms with van der Waals surface area (Å²) in [4.78, 5) is 3.33. The lowest BCUT2D eigenvalue weighted by molar-refractivity contribution is 0.199. The minimum atomic E-state index is 0.728.